The van der Waals surface area contributed by atoms with Crippen molar-refractivity contribution in [3.63, 3.8) is 0 Å². The van der Waals surface area contributed by atoms with Crippen molar-refractivity contribution in [3.05, 3.63) is 45.8 Å². The summed E-state index contributed by atoms with van der Waals surface area (Å²) >= 11 is 5.51. The molecule has 0 radical (unpaired) electrons. The van der Waals surface area contributed by atoms with Crippen molar-refractivity contribution in [1.29, 1.82) is 0 Å². The number of aliphatic hydroxyl groups is 2. The van der Waals surface area contributed by atoms with Gasteiger partial charge in [0.15, 0.2) is 10.9 Å². The van der Waals surface area contributed by atoms with E-state index in [0.717, 1.165) is 36.9 Å². The van der Waals surface area contributed by atoms with Crippen LogP contribution in [0.15, 0.2) is 16.7 Å². The Morgan fingerprint density at radius 1 is 1.27 bits per heavy atom. The minimum atomic E-state index is -2.16. The SMILES string of the molecule is CCOC(=O)C(O)(CNC(=S)Nc1c(C)c(CC)cc2c1CCC2)c1cc(C(C)(C)O)on1. The van der Waals surface area contributed by atoms with Crippen LogP contribution < -0.4 is 10.6 Å². The van der Waals surface area contributed by atoms with E-state index in [9.17, 15) is 15.0 Å². The minimum Gasteiger partial charge on any atom is -0.463 e. The predicted molar refractivity (Wildman–Crippen MR) is 129 cm³/mol. The molecule has 0 bridgehead atoms. The Bertz CT molecular complexity index is 1040. The number of benzene rings is 1. The predicted octanol–water partition coefficient (Wildman–Crippen LogP) is 3.00. The smallest absolute Gasteiger partial charge is 0.346 e. The van der Waals surface area contributed by atoms with Gasteiger partial charge in [0.2, 0.25) is 5.60 Å². The summed E-state index contributed by atoms with van der Waals surface area (Å²) in [5, 5.41) is 31.7. The number of nitrogens with one attached hydrogen (secondary N) is 2. The first kappa shape index (κ1) is 25.1. The molecule has 0 spiro atoms. The molecule has 180 valence electrons. The number of hydrogen-bond donors (Lipinski definition) is 4. The molecule has 1 atom stereocenters. The van der Waals surface area contributed by atoms with Crippen LogP contribution in [0.25, 0.3) is 0 Å². The third kappa shape index (κ3) is 5.20. The fourth-order valence-electron chi connectivity index (χ4n) is 4.10. The molecule has 1 unspecified atom stereocenters. The number of nitrogens with zero attached hydrogens (tertiary/aromatic N) is 1. The lowest BCUT2D eigenvalue weighted by Gasteiger charge is -2.25. The molecular weight excluding hydrogens is 442 g/mol. The molecule has 0 saturated carbocycles. The number of ether oxygens (including phenoxy) is 1. The van der Waals surface area contributed by atoms with Crippen molar-refractivity contribution >= 4 is 29.0 Å². The van der Waals surface area contributed by atoms with Gasteiger partial charge in [0, 0.05) is 11.8 Å². The van der Waals surface area contributed by atoms with Gasteiger partial charge in [-0.3, -0.25) is 0 Å². The molecule has 3 rings (SSSR count). The number of carbonyl (C=O) groups excluding carboxylic acids is 1. The molecule has 8 nitrogen and oxygen atoms in total. The van der Waals surface area contributed by atoms with Gasteiger partial charge in [-0.1, -0.05) is 18.1 Å². The van der Waals surface area contributed by atoms with Gasteiger partial charge in [-0.25, -0.2) is 4.79 Å². The molecule has 4 N–H and O–H groups in total. The van der Waals surface area contributed by atoms with Gasteiger partial charge in [0.05, 0.1) is 13.2 Å². The molecule has 0 aliphatic heterocycles. The molecule has 0 fully saturated rings. The van der Waals surface area contributed by atoms with Crippen molar-refractivity contribution in [2.45, 2.75) is 71.5 Å². The standard InChI is InChI=1S/C24H33N3O5S/c1-6-15-11-16-9-8-10-17(16)20(14(15)3)26-22(33)25-13-24(30,21(28)31-7-2)18-12-19(32-27-18)23(4,5)29/h11-12,29-30H,6-10,13H2,1-5H3,(H2,25,26,33). The fraction of sp³-hybridized carbons (Fsp3) is 0.542. The Labute approximate surface area is 199 Å². The minimum absolute atomic E-state index is 0.0709. The third-order valence-corrected chi connectivity index (χ3v) is 6.29. The first-order valence-corrected chi connectivity index (χ1v) is 11.7. The number of aromatic nitrogens is 1. The Morgan fingerprint density at radius 3 is 2.61 bits per heavy atom. The zero-order valence-corrected chi connectivity index (χ0v) is 20.7. The lowest BCUT2D eigenvalue weighted by Crippen LogP contribution is -2.48. The normalized spacial score (nSPS) is 15.0. The molecular formula is C24H33N3O5S. The molecule has 1 heterocycles. The highest BCUT2D eigenvalue weighted by Gasteiger charge is 2.44. The Kier molecular flexibility index (Phi) is 7.45. The molecule has 1 aromatic heterocycles. The van der Waals surface area contributed by atoms with Crippen LogP contribution in [-0.2, 0) is 40.0 Å². The van der Waals surface area contributed by atoms with Crippen molar-refractivity contribution in [3.8, 4) is 0 Å². The summed E-state index contributed by atoms with van der Waals surface area (Å²) in [5.74, 6) is -0.774. The van der Waals surface area contributed by atoms with Crippen LogP contribution in [0.3, 0.4) is 0 Å². The van der Waals surface area contributed by atoms with Crippen molar-refractivity contribution < 1.29 is 24.3 Å². The summed E-state index contributed by atoms with van der Waals surface area (Å²) < 4.78 is 10.2. The number of rotatable bonds is 8. The molecule has 1 aliphatic carbocycles. The van der Waals surface area contributed by atoms with E-state index >= 15 is 0 Å². The van der Waals surface area contributed by atoms with E-state index in [2.05, 4.69) is 35.7 Å². The van der Waals surface area contributed by atoms with Gasteiger partial charge >= 0.3 is 5.97 Å². The highest BCUT2D eigenvalue weighted by Crippen LogP contribution is 2.34. The third-order valence-electron chi connectivity index (χ3n) is 6.04. The number of hydrogen-bond acceptors (Lipinski definition) is 7. The number of carbonyl (C=O) groups is 1. The van der Waals surface area contributed by atoms with Crippen LogP contribution in [-0.4, -0.2) is 39.6 Å². The second-order valence-corrected chi connectivity index (χ2v) is 9.31. The molecule has 33 heavy (non-hydrogen) atoms. The van der Waals surface area contributed by atoms with Gasteiger partial charge in [-0.2, -0.15) is 0 Å². The number of fused-ring (bicyclic) bond motifs is 1. The second kappa shape index (κ2) is 9.79. The van der Waals surface area contributed by atoms with Crippen molar-refractivity contribution in [2.24, 2.45) is 0 Å². The number of thiocarbonyl (C=S) groups is 1. The van der Waals surface area contributed by atoms with E-state index in [1.807, 2.05) is 0 Å². The maximum absolute atomic E-state index is 12.7. The molecule has 9 heteroatoms. The molecule has 0 saturated heterocycles. The van der Waals surface area contributed by atoms with Gasteiger partial charge in [-0.05, 0) is 87.8 Å². The van der Waals surface area contributed by atoms with Crippen molar-refractivity contribution in [2.75, 3.05) is 18.5 Å². The van der Waals surface area contributed by atoms with Gasteiger partial charge in [0.1, 0.15) is 11.3 Å². The Morgan fingerprint density at radius 2 is 2.00 bits per heavy atom. The highest BCUT2D eigenvalue weighted by atomic mass is 32.1. The summed E-state index contributed by atoms with van der Waals surface area (Å²) in [4.78, 5) is 12.7. The molecule has 1 aliphatic rings. The quantitative estimate of drug-likeness (QED) is 0.338. The van der Waals surface area contributed by atoms with Crippen molar-refractivity contribution in [1.82, 2.24) is 10.5 Å². The Balaban J connectivity index is 1.82. The number of esters is 1. The lowest BCUT2D eigenvalue weighted by molar-refractivity contribution is -0.166. The average Bonchev–Trinajstić information content (AvgIpc) is 3.43. The Hall–Kier alpha value is -2.49. The molecule has 0 amide bonds. The second-order valence-electron chi connectivity index (χ2n) is 8.90. The summed E-state index contributed by atoms with van der Waals surface area (Å²) in [6, 6.07) is 3.63. The van der Waals surface area contributed by atoms with E-state index in [4.69, 9.17) is 21.5 Å². The fourth-order valence-corrected chi connectivity index (χ4v) is 4.27. The summed E-state index contributed by atoms with van der Waals surface area (Å²) in [6.45, 7) is 8.67. The largest absolute Gasteiger partial charge is 0.463 e. The van der Waals surface area contributed by atoms with E-state index in [0.29, 0.717) is 0 Å². The number of anilines is 1. The molecule has 2 aromatic rings. The first-order chi connectivity index (χ1) is 15.5. The van der Waals surface area contributed by atoms with Crippen LogP contribution in [0.2, 0.25) is 0 Å². The van der Waals surface area contributed by atoms with Gasteiger partial charge in [-0.15, -0.1) is 0 Å². The monoisotopic (exact) mass is 475 g/mol. The topological polar surface area (TPSA) is 117 Å². The van der Waals surface area contributed by atoms with E-state index < -0.39 is 17.2 Å². The average molecular weight is 476 g/mol. The van der Waals surface area contributed by atoms with Crippen LogP contribution >= 0.6 is 12.2 Å². The zero-order valence-electron chi connectivity index (χ0n) is 19.9. The first-order valence-electron chi connectivity index (χ1n) is 11.3. The van der Waals surface area contributed by atoms with E-state index in [1.165, 1.54) is 36.6 Å². The van der Waals surface area contributed by atoms with E-state index in [-0.39, 0.29) is 29.7 Å². The van der Waals surface area contributed by atoms with Crippen LogP contribution in [0.4, 0.5) is 5.69 Å². The van der Waals surface area contributed by atoms with Crippen LogP contribution in [0.1, 0.15) is 67.8 Å². The lowest BCUT2D eigenvalue weighted by atomic mass is 9.96. The number of aryl methyl sites for hydroxylation is 2. The highest BCUT2D eigenvalue weighted by molar-refractivity contribution is 7.80. The summed E-state index contributed by atoms with van der Waals surface area (Å²) in [6.07, 6.45) is 4.06. The van der Waals surface area contributed by atoms with Crippen LogP contribution in [0, 0.1) is 6.92 Å². The summed E-state index contributed by atoms with van der Waals surface area (Å²) in [5.41, 5.74) is 2.46. The van der Waals surface area contributed by atoms with Gasteiger partial charge in [0.25, 0.3) is 0 Å². The van der Waals surface area contributed by atoms with Gasteiger partial charge < -0.3 is 30.1 Å². The maximum atomic E-state index is 12.7. The zero-order chi connectivity index (χ0) is 24.4. The molecule has 1 aromatic carbocycles. The summed E-state index contributed by atoms with van der Waals surface area (Å²) in [7, 11) is 0. The van der Waals surface area contributed by atoms with E-state index in [1.54, 1.807) is 6.92 Å². The van der Waals surface area contributed by atoms with Crippen LogP contribution in [0.5, 0.6) is 0 Å². The maximum Gasteiger partial charge on any atom is 0.346 e.